The van der Waals surface area contributed by atoms with E-state index in [-0.39, 0.29) is 11.7 Å². The Balaban J connectivity index is 2.50. The van der Waals surface area contributed by atoms with Crippen molar-refractivity contribution in [2.24, 2.45) is 0 Å². The Hall–Kier alpha value is -0.580. The van der Waals surface area contributed by atoms with Crippen LogP contribution >= 0.6 is 15.9 Å². The Labute approximate surface area is 123 Å². The summed E-state index contributed by atoms with van der Waals surface area (Å²) in [6, 6.07) is 4.12. The maximum absolute atomic E-state index is 5.71. The van der Waals surface area contributed by atoms with Gasteiger partial charge in [0.1, 0.15) is 5.75 Å². The van der Waals surface area contributed by atoms with Gasteiger partial charge < -0.3 is 14.2 Å². The summed E-state index contributed by atoms with van der Waals surface area (Å²) in [7, 11) is 1.70. The lowest BCUT2D eigenvalue weighted by molar-refractivity contribution is -0.183. The molecule has 19 heavy (non-hydrogen) atoms. The maximum atomic E-state index is 5.71. The van der Waals surface area contributed by atoms with Crippen molar-refractivity contribution in [3.8, 4) is 5.75 Å². The molecular formula is C15H21BrO3. The lowest BCUT2D eigenvalue weighted by Gasteiger charge is -2.29. The highest BCUT2D eigenvalue weighted by molar-refractivity contribution is 9.10. The summed E-state index contributed by atoms with van der Waals surface area (Å²) in [6.07, 6.45) is 0.612. The van der Waals surface area contributed by atoms with Gasteiger partial charge in [-0.25, -0.2) is 0 Å². The highest BCUT2D eigenvalue weighted by atomic mass is 79.9. The normalized spacial score (nSPS) is 17.5. The summed E-state index contributed by atoms with van der Waals surface area (Å²) in [4.78, 5) is 0. The first kappa shape index (κ1) is 14.8. The minimum Gasteiger partial charge on any atom is -0.496 e. The minimum atomic E-state index is -0.331. The topological polar surface area (TPSA) is 27.7 Å². The quantitative estimate of drug-likeness (QED) is 0.814. The van der Waals surface area contributed by atoms with Crippen LogP contribution in [-0.2, 0) is 14.9 Å². The van der Waals surface area contributed by atoms with Crippen molar-refractivity contribution in [2.75, 3.05) is 20.3 Å². The molecule has 2 rings (SSSR count). The van der Waals surface area contributed by atoms with Gasteiger partial charge in [-0.2, -0.15) is 0 Å². The smallest absolute Gasteiger partial charge is 0.187 e. The molecule has 0 N–H and O–H groups in total. The van der Waals surface area contributed by atoms with E-state index in [9.17, 15) is 0 Å². The fraction of sp³-hybridized carbons (Fsp3) is 0.600. The van der Waals surface area contributed by atoms with E-state index in [1.807, 2.05) is 6.07 Å². The van der Waals surface area contributed by atoms with Crippen LogP contribution in [0, 0.1) is 0 Å². The van der Waals surface area contributed by atoms with Crippen LogP contribution in [0.5, 0.6) is 5.75 Å². The molecule has 0 saturated carbocycles. The third-order valence-corrected chi connectivity index (χ3v) is 3.63. The average Bonchev–Trinajstić information content (AvgIpc) is 2.37. The van der Waals surface area contributed by atoms with Crippen LogP contribution in [0.4, 0.5) is 0 Å². The monoisotopic (exact) mass is 328 g/mol. The van der Waals surface area contributed by atoms with Gasteiger partial charge in [-0.05, 0) is 24.0 Å². The molecule has 0 aliphatic carbocycles. The number of halogens is 1. The Morgan fingerprint density at radius 2 is 1.84 bits per heavy atom. The lowest BCUT2D eigenvalue weighted by Crippen LogP contribution is -2.20. The summed E-state index contributed by atoms with van der Waals surface area (Å²) in [5.41, 5.74) is 2.11. The van der Waals surface area contributed by atoms with Crippen LogP contribution in [0.3, 0.4) is 0 Å². The number of hydrogen-bond acceptors (Lipinski definition) is 3. The zero-order chi connectivity index (χ0) is 14.0. The molecule has 1 saturated heterocycles. The van der Waals surface area contributed by atoms with E-state index in [1.54, 1.807) is 7.11 Å². The van der Waals surface area contributed by atoms with Crippen LogP contribution in [0.1, 0.15) is 44.6 Å². The van der Waals surface area contributed by atoms with Crippen molar-refractivity contribution in [3.63, 3.8) is 0 Å². The van der Waals surface area contributed by atoms with Crippen LogP contribution in [-0.4, -0.2) is 20.3 Å². The summed E-state index contributed by atoms with van der Waals surface area (Å²) in [6.45, 7) is 7.97. The SMILES string of the molecule is COc1c(C2OCCCO2)cc(Br)cc1C(C)(C)C. The van der Waals surface area contributed by atoms with E-state index in [0.29, 0.717) is 0 Å². The number of benzene rings is 1. The average molecular weight is 329 g/mol. The lowest BCUT2D eigenvalue weighted by atomic mass is 9.85. The van der Waals surface area contributed by atoms with Crippen molar-refractivity contribution < 1.29 is 14.2 Å². The molecule has 1 heterocycles. The van der Waals surface area contributed by atoms with Gasteiger partial charge >= 0.3 is 0 Å². The molecule has 4 heteroatoms. The van der Waals surface area contributed by atoms with E-state index in [2.05, 4.69) is 42.8 Å². The molecule has 1 aromatic rings. The van der Waals surface area contributed by atoms with Gasteiger partial charge in [0.25, 0.3) is 0 Å². The number of methoxy groups -OCH3 is 1. The fourth-order valence-corrected chi connectivity index (χ4v) is 2.72. The van der Waals surface area contributed by atoms with E-state index >= 15 is 0 Å². The first-order chi connectivity index (χ1) is 8.93. The molecule has 0 amide bonds. The summed E-state index contributed by atoms with van der Waals surface area (Å²) in [5.74, 6) is 0.864. The van der Waals surface area contributed by atoms with Gasteiger partial charge in [-0.15, -0.1) is 0 Å². The Morgan fingerprint density at radius 1 is 1.21 bits per heavy atom. The van der Waals surface area contributed by atoms with Gasteiger partial charge in [0.2, 0.25) is 0 Å². The second-order valence-corrected chi connectivity index (χ2v) is 6.67. The minimum absolute atomic E-state index is 0.00145. The van der Waals surface area contributed by atoms with Gasteiger partial charge in [0.15, 0.2) is 6.29 Å². The third-order valence-electron chi connectivity index (χ3n) is 3.18. The van der Waals surface area contributed by atoms with Crippen molar-refractivity contribution in [1.29, 1.82) is 0 Å². The Kier molecular flexibility index (Phi) is 4.54. The van der Waals surface area contributed by atoms with Gasteiger partial charge in [-0.1, -0.05) is 36.7 Å². The zero-order valence-corrected chi connectivity index (χ0v) is 13.5. The highest BCUT2D eigenvalue weighted by Gasteiger charge is 2.27. The molecule has 0 bridgehead atoms. The maximum Gasteiger partial charge on any atom is 0.187 e. The molecule has 1 fully saturated rings. The van der Waals surface area contributed by atoms with Crippen molar-refractivity contribution in [2.45, 2.75) is 38.9 Å². The molecule has 1 aromatic carbocycles. The predicted molar refractivity (Wildman–Crippen MR) is 78.7 cm³/mol. The van der Waals surface area contributed by atoms with Gasteiger partial charge in [0.05, 0.1) is 25.9 Å². The standard InChI is InChI=1S/C15H21BrO3/c1-15(2,3)12-9-10(16)8-11(13(12)17-4)14-18-6-5-7-19-14/h8-9,14H,5-7H2,1-4H3. The zero-order valence-electron chi connectivity index (χ0n) is 12.0. The molecule has 0 unspecified atom stereocenters. The number of rotatable bonds is 2. The number of hydrogen-bond donors (Lipinski definition) is 0. The highest BCUT2D eigenvalue weighted by Crippen LogP contribution is 2.41. The van der Waals surface area contributed by atoms with Gasteiger partial charge in [-0.3, -0.25) is 0 Å². The van der Waals surface area contributed by atoms with Crippen molar-refractivity contribution in [1.82, 2.24) is 0 Å². The van der Waals surface area contributed by atoms with Gasteiger partial charge in [0, 0.05) is 10.0 Å². The molecular weight excluding hydrogens is 308 g/mol. The molecule has 106 valence electrons. The van der Waals surface area contributed by atoms with Crippen LogP contribution < -0.4 is 4.74 Å². The molecule has 1 aliphatic heterocycles. The Bertz CT molecular complexity index is 445. The summed E-state index contributed by atoms with van der Waals surface area (Å²) < 4.78 is 18.1. The van der Waals surface area contributed by atoms with Crippen LogP contribution in [0.2, 0.25) is 0 Å². The Morgan fingerprint density at radius 3 is 2.37 bits per heavy atom. The summed E-state index contributed by atoms with van der Waals surface area (Å²) >= 11 is 3.57. The largest absolute Gasteiger partial charge is 0.496 e. The van der Waals surface area contributed by atoms with E-state index in [0.717, 1.165) is 41.0 Å². The van der Waals surface area contributed by atoms with Crippen molar-refractivity contribution in [3.05, 3.63) is 27.7 Å². The first-order valence-electron chi connectivity index (χ1n) is 6.54. The summed E-state index contributed by atoms with van der Waals surface area (Å²) in [5, 5.41) is 0. The number of ether oxygens (including phenoxy) is 3. The van der Waals surface area contributed by atoms with E-state index in [1.165, 1.54) is 0 Å². The second-order valence-electron chi connectivity index (χ2n) is 5.75. The third kappa shape index (κ3) is 3.30. The molecule has 0 spiro atoms. The molecule has 3 nitrogen and oxygen atoms in total. The van der Waals surface area contributed by atoms with Crippen LogP contribution in [0.25, 0.3) is 0 Å². The van der Waals surface area contributed by atoms with Crippen LogP contribution in [0.15, 0.2) is 16.6 Å². The van der Waals surface area contributed by atoms with E-state index < -0.39 is 0 Å². The van der Waals surface area contributed by atoms with E-state index in [4.69, 9.17) is 14.2 Å². The predicted octanol–water partition coefficient (Wildman–Crippen LogP) is 4.19. The van der Waals surface area contributed by atoms with Crippen molar-refractivity contribution >= 4 is 15.9 Å². The molecule has 0 atom stereocenters. The molecule has 1 aliphatic rings. The molecule has 0 radical (unpaired) electrons. The first-order valence-corrected chi connectivity index (χ1v) is 7.34. The second kappa shape index (κ2) is 5.81. The fourth-order valence-electron chi connectivity index (χ4n) is 2.24. The molecule has 0 aromatic heterocycles.